The van der Waals surface area contributed by atoms with Gasteiger partial charge in [0, 0.05) is 17.4 Å². The molecule has 4 aliphatic carbocycles. The van der Waals surface area contributed by atoms with Gasteiger partial charge in [0.05, 0.1) is 0 Å². The van der Waals surface area contributed by atoms with Crippen LogP contribution in [0, 0.1) is 28.6 Å². The molecule has 0 saturated heterocycles. The van der Waals surface area contributed by atoms with Crippen molar-refractivity contribution in [1.29, 1.82) is 0 Å². The van der Waals surface area contributed by atoms with Crippen LogP contribution in [0.25, 0.3) is 0 Å². The van der Waals surface area contributed by atoms with Crippen molar-refractivity contribution in [3.05, 3.63) is 11.6 Å². The van der Waals surface area contributed by atoms with Crippen molar-refractivity contribution in [2.24, 2.45) is 28.6 Å². The Bertz CT molecular complexity index is 577. The second-order valence-electron chi connectivity index (χ2n) is 8.48. The molecule has 3 fully saturated rings. The highest BCUT2D eigenvalue weighted by Gasteiger charge is 2.59. The quantitative estimate of drug-likeness (QED) is 0.748. The number of carbonyl (C=O) groups is 2. The molecule has 0 heterocycles. The number of rotatable bonds is 0. The van der Waals surface area contributed by atoms with E-state index in [-0.39, 0.29) is 16.6 Å². The summed E-state index contributed by atoms with van der Waals surface area (Å²) >= 11 is 0. The standard InChI is InChI=1S/C19H26O3/c1-18-10-8-15(20)17(22)14(18)4-3-11-12-5-6-16(21)19(12,2)9-7-13(11)18/h4,11-13,15,20H,3,5-10H2,1-2H3/t11-,12-,13-,15?,18+,19-/m0/s1. The van der Waals surface area contributed by atoms with Crippen molar-refractivity contribution in [2.75, 3.05) is 0 Å². The third-order valence-electron chi connectivity index (χ3n) is 7.68. The molecular formula is C19H26O3. The summed E-state index contributed by atoms with van der Waals surface area (Å²) in [6.07, 6.45) is 7.56. The molecule has 0 radical (unpaired) electrons. The van der Waals surface area contributed by atoms with Gasteiger partial charge in [-0.15, -0.1) is 0 Å². The number of ketones is 2. The van der Waals surface area contributed by atoms with Crippen LogP contribution < -0.4 is 0 Å². The zero-order valence-electron chi connectivity index (χ0n) is 13.6. The molecule has 0 aliphatic heterocycles. The first-order valence-corrected chi connectivity index (χ1v) is 8.84. The Hall–Kier alpha value is -0.960. The summed E-state index contributed by atoms with van der Waals surface area (Å²) in [7, 11) is 0. The average Bonchev–Trinajstić information content (AvgIpc) is 2.79. The van der Waals surface area contributed by atoms with Gasteiger partial charge in [0.25, 0.3) is 0 Å². The molecule has 22 heavy (non-hydrogen) atoms. The fourth-order valence-corrected chi connectivity index (χ4v) is 6.31. The number of hydrogen-bond donors (Lipinski definition) is 1. The lowest BCUT2D eigenvalue weighted by atomic mass is 9.48. The number of fused-ring (bicyclic) bond motifs is 5. The minimum Gasteiger partial charge on any atom is -0.385 e. The van der Waals surface area contributed by atoms with Crippen LogP contribution in [0.5, 0.6) is 0 Å². The predicted molar refractivity (Wildman–Crippen MR) is 83.1 cm³/mol. The zero-order chi connectivity index (χ0) is 15.7. The van der Waals surface area contributed by atoms with Gasteiger partial charge in [-0.1, -0.05) is 19.9 Å². The van der Waals surface area contributed by atoms with E-state index in [2.05, 4.69) is 19.9 Å². The molecule has 120 valence electrons. The van der Waals surface area contributed by atoms with Crippen LogP contribution in [0.3, 0.4) is 0 Å². The van der Waals surface area contributed by atoms with E-state index in [0.717, 1.165) is 44.1 Å². The monoisotopic (exact) mass is 302 g/mol. The fourth-order valence-electron chi connectivity index (χ4n) is 6.31. The van der Waals surface area contributed by atoms with Crippen LogP contribution in [-0.4, -0.2) is 22.8 Å². The van der Waals surface area contributed by atoms with Crippen LogP contribution in [0.1, 0.15) is 58.8 Å². The van der Waals surface area contributed by atoms with E-state index in [1.54, 1.807) is 0 Å². The number of aliphatic hydroxyl groups excluding tert-OH is 1. The van der Waals surface area contributed by atoms with Gasteiger partial charge in [0.15, 0.2) is 5.78 Å². The maximum atomic E-state index is 12.4. The minimum absolute atomic E-state index is 0.0389. The summed E-state index contributed by atoms with van der Waals surface area (Å²) in [5, 5.41) is 9.92. The second kappa shape index (κ2) is 4.53. The predicted octanol–water partition coefficient (Wildman–Crippen LogP) is 3.06. The molecular weight excluding hydrogens is 276 g/mol. The molecule has 0 aromatic carbocycles. The third-order valence-corrected chi connectivity index (χ3v) is 7.68. The summed E-state index contributed by atoms with van der Waals surface area (Å²) in [6.45, 7) is 4.42. The summed E-state index contributed by atoms with van der Waals surface area (Å²) in [5.41, 5.74) is 0.702. The number of carbonyl (C=O) groups excluding carboxylic acids is 2. The van der Waals surface area contributed by atoms with Crippen LogP contribution in [0.15, 0.2) is 11.6 Å². The molecule has 1 N–H and O–H groups in total. The molecule has 0 amide bonds. The molecule has 3 heteroatoms. The van der Waals surface area contributed by atoms with Gasteiger partial charge in [-0.2, -0.15) is 0 Å². The van der Waals surface area contributed by atoms with Crippen molar-refractivity contribution in [3.63, 3.8) is 0 Å². The lowest BCUT2D eigenvalue weighted by Crippen LogP contribution is -2.52. The highest BCUT2D eigenvalue weighted by Crippen LogP contribution is 2.63. The Balaban J connectivity index is 1.73. The molecule has 0 bridgehead atoms. The highest BCUT2D eigenvalue weighted by molar-refractivity contribution is 6.01. The molecule has 3 saturated carbocycles. The Morgan fingerprint density at radius 1 is 1.05 bits per heavy atom. The van der Waals surface area contributed by atoms with Crippen molar-refractivity contribution in [1.82, 2.24) is 0 Å². The second-order valence-corrected chi connectivity index (χ2v) is 8.48. The number of Topliss-reactive ketones (excluding diaryl/α,β-unsaturated/α-hetero) is 2. The first kappa shape index (κ1) is 14.6. The van der Waals surface area contributed by atoms with Gasteiger partial charge < -0.3 is 5.11 Å². The molecule has 0 aromatic rings. The SMILES string of the molecule is C[C@]12CCC(O)C(=O)C1=CC[C@@H]1[C@@H]2CC[C@]2(C)C(=O)CC[C@@H]12. The van der Waals surface area contributed by atoms with Gasteiger partial charge in [0.1, 0.15) is 11.9 Å². The largest absolute Gasteiger partial charge is 0.385 e. The summed E-state index contributed by atoms with van der Waals surface area (Å²) < 4.78 is 0. The Kier molecular flexibility index (Phi) is 3.01. The third kappa shape index (κ3) is 1.66. The normalized spacial score (nSPS) is 51.0. The molecule has 3 nitrogen and oxygen atoms in total. The van der Waals surface area contributed by atoms with Crippen LogP contribution >= 0.6 is 0 Å². The van der Waals surface area contributed by atoms with E-state index >= 15 is 0 Å². The lowest BCUT2D eigenvalue weighted by molar-refractivity contribution is -0.136. The van der Waals surface area contributed by atoms with Gasteiger partial charge in [-0.3, -0.25) is 9.59 Å². The van der Waals surface area contributed by atoms with Crippen molar-refractivity contribution in [2.45, 2.75) is 64.9 Å². The number of aliphatic hydroxyl groups is 1. The molecule has 6 atom stereocenters. The van der Waals surface area contributed by atoms with Crippen molar-refractivity contribution < 1.29 is 14.7 Å². The Morgan fingerprint density at radius 2 is 1.73 bits per heavy atom. The Morgan fingerprint density at radius 3 is 2.50 bits per heavy atom. The van der Waals surface area contributed by atoms with E-state index in [9.17, 15) is 14.7 Å². The first-order valence-electron chi connectivity index (χ1n) is 8.84. The van der Waals surface area contributed by atoms with Crippen LogP contribution in [0.2, 0.25) is 0 Å². The Labute approximate surface area is 132 Å². The lowest BCUT2D eigenvalue weighted by Gasteiger charge is -2.56. The average molecular weight is 302 g/mol. The maximum absolute atomic E-state index is 12.4. The summed E-state index contributed by atoms with van der Waals surface area (Å²) in [5.74, 6) is 1.97. The summed E-state index contributed by atoms with van der Waals surface area (Å²) in [4.78, 5) is 24.8. The summed E-state index contributed by atoms with van der Waals surface area (Å²) in [6, 6.07) is 0. The van der Waals surface area contributed by atoms with Gasteiger partial charge in [-0.05, 0) is 61.7 Å². The smallest absolute Gasteiger partial charge is 0.187 e. The van der Waals surface area contributed by atoms with E-state index in [1.807, 2.05) is 0 Å². The van der Waals surface area contributed by atoms with E-state index in [1.165, 1.54) is 0 Å². The maximum Gasteiger partial charge on any atom is 0.187 e. The molecule has 0 spiro atoms. The molecule has 1 unspecified atom stereocenters. The first-order chi connectivity index (χ1) is 10.4. The number of hydrogen-bond acceptors (Lipinski definition) is 3. The fraction of sp³-hybridized carbons (Fsp3) is 0.789. The van der Waals surface area contributed by atoms with Crippen molar-refractivity contribution >= 4 is 11.6 Å². The molecule has 0 aromatic heterocycles. The molecule has 4 aliphatic rings. The van der Waals surface area contributed by atoms with E-state index in [0.29, 0.717) is 30.0 Å². The zero-order valence-corrected chi connectivity index (χ0v) is 13.6. The van der Waals surface area contributed by atoms with Gasteiger partial charge in [0.2, 0.25) is 0 Å². The topological polar surface area (TPSA) is 54.4 Å². The highest BCUT2D eigenvalue weighted by atomic mass is 16.3. The van der Waals surface area contributed by atoms with Gasteiger partial charge >= 0.3 is 0 Å². The minimum atomic E-state index is -0.794. The van der Waals surface area contributed by atoms with Crippen molar-refractivity contribution in [3.8, 4) is 0 Å². The van der Waals surface area contributed by atoms with E-state index < -0.39 is 6.10 Å². The number of allylic oxidation sites excluding steroid dienone is 1. The van der Waals surface area contributed by atoms with E-state index in [4.69, 9.17) is 0 Å². The molecule has 4 rings (SSSR count). The van der Waals surface area contributed by atoms with Gasteiger partial charge in [-0.25, -0.2) is 0 Å². The van der Waals surface area contributed by atoms with Crippen LogP contribution in [0.4, 0.5) is 0 Å². The van der Waals surface area contributed by atoms with Crippen LogP contribution in [-0.2, 0) is 9.59 Å².